The molecule has 5 rings (SSSR count). The third-order valence-corrected chi connectivity index (χ3v) is 5.59. The molecule has 2 unspecified atom stereocenters. The number of hydrogen-bond acceptors (Lipinski definition) is 5. The maximum Gasteiger partial charge on any atom is 0.341 e. The van der Waals surface area contributed by atoms with Crippen LogP contribution in [0.25, 0.3) is 0 Å². The Labute approximate surface area is 178 Å². The maximum absolute atomic E-state index is 14.4. The molecule has 3 heterocycles. The molecule has 1 saturated heterocycles. The van der Waals surface area contributed by atoms with Crippen molar-refractivity contribution in [2.45, 2.75) is 31.6 Å². The van der Waals surface area contributed by atoms with E-state index in [-0.39, 0.29) is 35.6 Å². The van der Waals surface area contributed by atoms with E-state index in [1.807, 2.05) is 30.3 Å². The molecule has 0 bridgehead atoms. The minimum absolute atomic E-state index is 0.00987. The largest absolute Gasteiger partial charge is 0.484 e. The zero-order valence-corrected chi connectivity index (χ0v) is 16.8. The number of anilines is 1. The Morgan fingerprint density at radius 2 is 2.03 bits per heavy atom. The maximum atomic E-state index is 14.4. The number of carbonyl (C=O) groups excluding carboxylic acids is 2. The number of nitrogens with one attached hydrogen (secondary N) is 1. The topological polar surface area (TPSA) is 83.5 Å². The van der Waals surface area contributed by atoms with Crippen molar-refractivity contribution in [1.82, 2.24) is 9.91 Å². The predicted octanol–water partition coefficient (Wildman–Crippen LogP) is 3.16. The van der Waals surface area contributed by atoms with Crippen molar-refractivity contribution < 1.29 is 23.5 Å². The van der Waals surface area contributed by atoms with Crippen molar-refractivity contribution in [2.24, 2.45) is 5.10 Å². The fraction of sp³-hybridized carbons (Fsp3) is 0.318. The predicted molar refractivity (Wildman–Crippen MR) is 111 cm³/mol. The van der Waals surface area contributed by atoms with E-state index in [0.717, 1.165) is 5.56 Å². The number of carbonyl (C=O) groups is 2. The van der Waals surface area contributed by atoms with E-state index in [1.165, 1.54) is 17.1 Å². The third-order valence-electron chi connectivity index (χ3n) is 5.59. The summed E-state index contributed by atoms with van der Waals surface area (Å²) in [5, 5.41) is 8.40. The average Bonchev–Trinajstić information content (AvgIpc) is 3.22. The second-order valence-electron chi connectivity index (χ2n) is 7.76. The average molecular weight is 424 g/mol. The van der Waals surface area contributed by atoms with Gasteiger partial charge in [-0.3, -0.25) is 4.79 Å². The molecule has 2 aromatic rings. The summed E-state index contributed by atoms with van der Waals surface area (Å²) in [4.78, 5) is 26.3. The monoisotopic (exact) mass is 424 g/mol. The first-order valence-electron chi connectivity index (χ1n) is 10.1. The number of urea groups is 1. The van der Waals surface area contributed by atoms with Gasteiger partial charge in [0.15, 0.2) is 17.7 Å². The van der Waals surface area contributed by atoms with Gasteiger partial charge in [-0.1, -0.05) is 30.3 Å². The Kier molecular flexibility index (Phi) is 4.72. The minimum Gasteiger partial charge on any atom is -0.484 e. The van der Waals surface area contributed by atoms with Gasteiger partial charge in [0.05, 0.1) is 24.8 Å². The molecule has 160 valence electrons. The molecule has 0 spiro atoms. The van der Waals surface area contributed by atoms with Gasteiger partial charge < -0.3 is 19.7 Å². The highest BCUT2D eigenvalue weighted by Crippen LogP contribution is 2.36. The molecule has 0 aromatic heterocycles. The molecule has 9 heteroatoms. The first kappa shape index (κ1) is 19.3. The van der Waals surface area contributed by atoms with E-state index in [0.29, 0.717) is 25.2 Å². The number of hydrogen-bond donors (Lipinski definition) is 1. The van der Waals surface area contributed by atoms with Crippen molar-refractivity contribution in [2.75, 3.05) is 18.4 Å². The Bertz CT molecular complexity index is 1050. The summed E-state index contributed by atoms with van der Waals surface area (Å²) in [6.45, 7) is 2.23. The van der Waals surface area contributed by atoms with Crippen molar-refractivity contribution in [3.05, 3.63) is 53.8 Å². The van der Waals surface area contributed by atoms with E-state index >= 15 is 0 Å². The number of nitrogens with zero attached hydrogens (tertiary/aromatic N) is 3. The normalized spacial score (nSPS) is 22.5. The first-order chi connectivity index (χ1) is 15.0. The molecule has 3 aliphatic rings. The molecule has 2 aromatic carbocycles. The second-order valence-corrected chi connectivity index (χ2v) is 7.76. The van der Waals surface area contributed by atoms with E-state index in [1.54, 1.807) is 18.0 Å². The molecule has 0 saturated carbocycles. The van der Waals surface area contributed by atoms with Crippen molar-refractivity contribution in [3.63, 3.8) is 0 Å². The fourth-order valence-corrected chi connectivity index (χ4v) is 3.84. The van der Waals surface area contributed by atoms with Gasteiger partial charge in [-0.2, -0.15) is 5.10 Å². The molecule has 1 N–H and O–H groups in total. The van der Waals surface area contributed by atoms with Crippen LogP contribution in [0.1, 0.15) is 24.9 Å². The molecule has 2 atom stereocenters. The Hall–Kier alpha value is -3.62. The highest BCUT2D eigenvalue weighted by atomic mass is 19.1. The molecule has 3 amide bonds. The number of likely N-dealkylation sites (tertiary alicyclic amines) is 1. The summed E-state index contributed by atoms with van der Waals surface area (Å²) >= 11 is 0. The SMILES string of the molecule is CC1Oc2cc(F)c(OC3CN(C(=O)N4N=CCC4c4ccccc4)C3)cc2NC1=O. The van der Waals surface area contributed by atoms with Gasteiger partial charge in [-0.05, 0) is 12.5 Å². The molecule has 0 radical (unpaired) electrons. The van der Waals surface area contributed by atoms with E-state index in [9.17, 15) is 14.0 Å². The van der Waals surface area contributed by atoms with E-state index < -0.39 is 11.9 Å². The third kappa shape index (κ3) is 3.56. The van der Waals surface area contributed by atoms with Crippen LogP contribution in [0.5, 0.6) is 11.5 Å². The van der Waals surface area contributed by atoms with Gasteiger partial charge in [-0.25, -0.2) is 14.2 Å². The van der Waals surface area contributed by atoms with Gasteiger partial charge in [0.1, 0.15) is 11.9 Å². The molecule has 31 heavy (non-hydrogen) atoms. The number of fused-ring (bicyclic) bond motifs is 1. The summed E-state index contributed by atoms with van der Waals surface area (Å²) in [6.07, 6.45) is 1.37. The Morgan fingerprint density at radius 3 is 2.81 bits per heavy atom. The fourth-order valence-electron chi connectivity index (χ4n) is 3.84. The zero-order valence-electron chi connectivity index (χ0n) is 16.8. The van der Waals surface area contributed by atoms with Gasteiger partial charge >= 0.3 is 6.03 Å². The molecule has 3 aliphatic heterocycles. The van der Waals surface area contributed by atoms with Crippen molar-refractivity contribution in [3.8, 4) is 11.5 Å². The van der Waals surface area contributed by atoms with Crippen LogP contribution in [-0.4, -0.2) is 53.4 Å². The lowest BCUT2D eigenvalue weighted by Gasteiger charge is -2.41. The summed E-state index contributed by atoms with van der Waals surface area (Å²) in [5.41, 5.74) is 1.39. The van der Waals surface area contributed by atoms with Crippen LogP contribution in [0, 0.1) is 5.82 Å². The lowest BCUT2D eigenvalue weighted by molar-refractivity contribution is -0.122. The van der Waals surface area contributed by atoms with Crippen molar-refractivity contribution in [1.29, 1.82) is 0 Å². The van der Waals surface area contributed by atoms with Crippen LogP contribution in [0.3, 0.4) is 0 Å². The number of hydrazone groups is 1. The molecule has 8 nitrogen and oxygen atoms in total. The lowest BCUT2D eigenvalue weighted by atomic mass is 10.0. The minimum atomic E-state index is -0.683. The second kappa shape index (κ2) is 7.57. The van der Waals surface area contributed by atoms with Gasteiger partial charge in [0.25, 0.3) is 5.91 Å². The standard InChI is InChI=1S/C22H21FN4O4/c1-13-21(28)25-17-10-19(16(23)9-20(17)30-13)31-15-11-26(12-15)22(29)27-18(7-8-24-27)14-5-3-2-4-6-14/h2-6,8-10,13,15,18H,7,11-12H2,1H3,(H,25,28). The Balaban J connectivity index is 1.22. The first-order valence-corrected chi connectivity index (χ1v) is 10.1. The summed E-state index contributed by atoms with van der Waals surface area (Å²) in [5.74, 6) is -0.610. The highest BCUT2D eigenvalue weighted by Gasteiger charge is 2.39. The Morgan fingerprint density at radius 1 is 1.26 bits per heavy atom. The molecular formula is C22H21FN4O4. The van der Waals surface area contributed by atoms with E-state index in [2.05, 4.69) is 10.4 Å². The summed E-state index contributed by atoms with van der Waals surface area (Å²) < 4.78 is 25.6. The van der Waals surface area contributed by atoms with Crippen LogP contribution < -0.4 is 14.8 Å². The van der Waals surface area contributed by atoms with Gasteiger partial charge in [-0.15, -0.1) is 0 Å². The smallest absolute Gasteiger partial charge is 0.341 e. The van der Waals surface area contributed by atoms with Gasteiger partial charge in [0.2, 0.25) is 0 Å². The number of benzene rings is 2. The number of rotatable bonds is 3. The summed E-state index contributed by atoms with van der Waals surface area (Å²) in [7, 11) is 0. The van der Waals surface area contributed by atoms with Crippen molar-refractivity contribution >= 4 is 23.8 Å². The van der Waals surface area contributed by atoms with Crippen LogP contribution in [-0.2, 0) is 4.79 Å². The lowest BCUT2D eigenvalue weighted by Crippen LogP contribution is -2.58. The van der Waals surface area contributed by atoms with Crippen LogP contribution in [0.4, 0.5) is 14.9 Å². The zero-order chi connectivity index (χ0) is 21.5. The number of halogens is 1. The summed E-state index contributed by atoms with van der Waals surface area (Å²) in [6, 6.07) is 12.0. The molecular weight excluding hydrogens is 403 g/mol. The van der Waals surface area contributed by atoms with Crippen LogP contribution in [0.15, 0.2) is 47.6 Å². The van der Waals surface area contributed by atoms with Crippen LogP contribution >= 0.6 is 0 Å². The number of ether oxygens (including phenoxy) is 2. The quantitative estimate of drug-likeness (QED) is 0.821. The van der Waals surface area contributed by atoms with E-state index in [4.69, 9.17) is 9.47 Å². The highest BCUT2D eigenvalue weighted by molar-refractivity contribution is 5.97. The van der Waals surface area contributed by atoms with Gasteiger partial charge in [0, 0.05) is 24.8 Å². The molecule has 1 fully saturated rings. The number of amides is 3. The van der Waals surface area contributed by atoms with Crippen LogP contribution in [0.2, 0.25) is 0 Å². The molecule has 0 aliphatic carbocycles.